The smallest absolute Gasteiger partial charge is 0.265 e. The molecule has 0 aromatic heterocycles. The van der Waals surface area contributed by atoms with Gasteiger partial charge in [0.05, 0.1) is 6.61 Å². The van der Waals surface area contributed by atoms with Gasteiger partial charge in [-0.15, -0.1) is 0 Å². The van der Waals surface area contributed by atoms with Crippen molar-refractivity contribution in [1.82, 2.24) is 5.32 Å². The summed E-state index contributed by atoms with van der Waals surface area (Å²) in [5.41, 5.74) is 0.213. The summed E-state index contributed by atoms with van der Waals surface area (Å²) in [4.78, 5) is 11.3. The lowest BCUT2D eigenvalue weighted by Gasteiger charge is -2.10. The van der Waals surface area contributed by atoms with Gasteiger partial charge in [0.15, 0.2) is 0 Å². The molecule has 0 aliphatic heterocycles. The summed E-state index contributed by atoms with van der Waals surface area (Å²) in [6.45, 7) is 2.40. The Bertz CT molecular complexity index is 557. The number of carbonyl (C=O) groups excluding carboxylic acids is 1. The van der Waals surface area contributed by atoms with Crippen LogP contribution in [0, 0.1) is 0 Å². The molecule has 0 unspecified atom stereocenters. The van der Waals surface area contributed by atoms with Gasteiger partial charge in [-0.1, -0.05) is 13.3 Å². The summed E-state index contributed by atoms with van der Waals surface area (Å²) in [6, 6.07) is 4.14. The molecular weight excluding hydrogens is 290 g/mol. The number of hydrogen-bond donors (Lipinski definition) is 1. The highest BCUT2D eigenvalue weighted by Crippen LogP contribution is 2.28. The highest BCUT2D eigenvalue weighted by molar-refractivity contribution is 8.13. The summed E-state index contributed by atoms with van der Waals surface area (Å²) >= 11 is 0. The Hall–Kier alpha value is -1.27. The third-order valence-electron chi connectivity index (χ3n) is 2.45. The van der Waals surface area contributed by atoms with E-state index in [4.69, 9.17) is 15.4 Å². The number of carbonyl (C=O) groups is 1. The zero-order valence-electron chi connectivity index (χ0n) is 10.8. The predicted octanol–water partition coefficient (Wildman–Crippen LogP) is 2.15. The lowest BCUT2D eigenvalue weighted by Crippen LogP contribution is -2.18. The lowest BCUT2D eigenvalue weighted by molar-refractivity contribution is 0.0963. The number of rotatable bonds is 6. The first-order valence-corrected chi connectivity index (χ1v) is 8.14. The van der Waals surface area contributed by atoms with E-state index in [9.17, 15) is 13.2 Å². The summed E-state index contributed by atoms with van der Waals surface area (Å²) < 4.78 is 28.4. The van der Waals surface area contributed by atoms with Crippen LogP contribution in [0.1, 0.15) is 30.1 Å². The molecule has 1 amide bonds. The van der Waals surface area contributed by atoms with Crippen LogP contribution in [0.5, 0.6) is 5.75 Å². The maximum Gasteiger partial charge on any atom is 0.265 e. The van der Waals surface area contributed by atoms with Crippen LogP contribution in [0.3, 0.4) is 0 Å². The predicted molar refractivity (Wildman–Crippen MR) is 73.3 cm³/mol. The van der Waals surface area contributed by atoms with Crippen LogP contribution in [-0.4, -0.2) is 28.0 Å². The largest absolute Gasteiger partial charge is 0.492 e. The quantitative estimate of drug-likeness (QED) is 0.645. The van der Waals surface area contributed by atoms with Crippen molar-refractivity contribution < 1.29 is 17.9 Å². The molecule has 19 heavy (non-hydrogen) atoms. The van der Waals surface area contributed by atoms with Crippen LogP contribution in [0.4, 0.5) is 0 Å². The standard InChI is InChI=1S/C12H16ClNO4S/c1-3-4-7-18-10-6-5-9(12(15)14-2)8-11(10)19(13,16)17/h5-6,8H,3-4,7H2,1-2H3,(H,14,15). The molecule has 7 heteroatoms. The third kappa shape index (κ3) is 4.40. The molecule has 1 N–H and O–H groups in total. The van der Waals surface area contributed by atoms with Gasteiger partial charge in [-0.3, -0.25) is 4.79 Å². The van der Waals surface area contributed by atoms with Crippen LogP contribution in [0.25, 0.3) is 0 Å². The van der Waals surface area contributed by atoms with Crippen molar-refractivity contribution in [3.05, 3.63) is 23.8 Å². The number of benzene rings is 1. The Balaban J connectivity index is 3.14. The zero-order chi connectivity index (χ0) is 14.5. The Morgan fingerprint density at radius 3 is 2.63 bits per heavy atom. The fraction of sp³-hybridized carbons (Fsp3) is 0.417. The van der Waals surface area contributed by atoms with E-state index < -0.39 is 9.05 Å². The fourth-order valence-corrected chi connectivity index (χ4v) is 2.43. The van der Waals surface area contributed by atoms with Gasteiger partial charge < -0.3 is 10.1 Å². The van der Waals surface area contributed by atoms with E-state index >= 15 is 0 Å². The Morgan fingerprint density at radius 2 is 2.11 bits per heavy atom. The van der Waals surface area contributed by atoms with Crippen LogP contribution < -0.4 is 10.1 Å². The lowest BCUT2D eigenvalue weighted by atomic mass is 10.2. The van der Waals surface area contributed by atoms with Gasteiger partial charge in [0.1, 0.15) is 10.6 Å². The molecule has 0 saturated carbocycles. The number of hydrogen-bond acceptors (Lipinski definition) is 4. The van der Waals surface area contributed by atoms with Crippen molar-refractivity contribution in [1.29, 1.82) is 0 Å². The van der Waals surface area contributed by atoms with E-state index in [-0.39, 0.29) is 22.1 Å². The van der Waals surface area contributed by atoms with Gasteiger partial charge in [-0.2, -0.15) is 0 Å². The third-order valence-corrected chi connectivity index (χ3v) is 3.79. The molecule has 106 valence electrons. The van der Waals surface area contributed by atoms with E-state index in [1.165, 1.54) is 25.2 Å². The molecule has 0 radical (unpaired) electrons. The van der Waals surface area contributed by atoms with E-state index in [0.717, 1.165) is 12.8 Å². The minimum atomic E-state index is -3.97. The van der Waals surface area contributed by atoms with Crippen molar-refractivity contribution in [2.75, 3.05) is 13.7 Å². The van der Waals surface area contributed by atoms with Crippen LogP contribution in [-0.2, 0) is 9.05 Å². The minimum Gasteiger partial charge on any atom is -0.492 e. The Morgan fingerprint density at radius 1 is 1.42 bits per heavy atom. The van der Waals surface area contributed by atoms with Gasteiger partial charge in [-0.05, 0) is 24.6 Å². The fourth-order valence-electron chi connectivity index (χ4n) is 1.43. The van der Waals surface area contributed by atoms with Gasteiger partial charge in [0.2, 0.25) is 0 Å². The van der Waals surface area contributed by atoms with E-state index in [0.29, 0.717) is 6.61 Å². The molecule has 1 aromatic carbocycles. The summed E-state index contributed by atoms with van der Waals surface area (Å²) in [7, 11) is 2.85. The first-order valence-electron chi connectivity index (χ1n) is 5.83. The molecule has 0 saturated heterocycles. The number of unbranched alkanes of at least 4 members (excludes halogenated alkanes) is 1. The normalized spacial score (nSPS) is 11.1. The second-order valence-corrected chi connectivity index (χ2v) is 6.41. The van der Waals surface area contributed by atoms with E-state index in [2.05, 4.69) is 5.32 Å². The number of amides is 1. The summed E-state index contributed by atoms with van der Waals surface area (Å²) in [5, 5.41) is 2.41. The SMILES string of the molecule is CCCCOc1ccc(C(=O)NC)cc1S(=O)(=O)Cl. The maximum atomic E-state index is 11.5. The average molecular weight is 306 g/mol. The zero-order valence-corrected chi connectivity index (χ0v) is 12.3. The molecule has 0 aliphatic carbocycles. The summed E-state index contributed by atoms with van der Waals surface area (Å²) in [6.07, 6.45) is 1.73. The molecule has 0 atom stereocenters. The minimum absolute atomic E-state index is 0.163. The molecular formula is C12H16ClNO4S. The van der Waals surface area contributed by atoms with Crippen LogP contribution >= 0.6 is 10.7 Å². The van der Waals surface area contributed by atoms with E-state index in [1.54, 1.807) is 0 Å². The van der Waals surface area contributed by atoms with Crippen molar-refractivity contribution in [2.24, 2.45) is 0 Å². The highest BCUT2D eigenvalue weighted by Gasteiger charge is 2.19. The first kappa shape index (κ1) is 15.8. The van der Waals surface area contributed by atoms with Crippen molar-refractivity contribution in [3.8, 4) is 5.75 Å². The molecule has 5 nitrogen and oxygen atoms in total. The van der Waals surface area contributed by atoms with Gasteiger partial charge in [-0.25, -0.2) is 8.42 Å². The van der Waals surface area contributed by atoms with Gasteiger partial charge in [0, 0.05) is 23.3 Å². The average Bonchev–Trinajstić information content (AvgIpc) is 2.37. The summed E-state index contributed by atoms with van der Waals surface area (Å²) in [5.74, 6) is -0.224. The molecule has 1 rings (SSSR count). The second kappa shape index (κ2) is 6.77. The molecule has 0 spiro atoms. The monoisotopic (exact) mass is 305 g/mol. The van der Waals surface area contributed by atoms with Crippen molar-refractivity contribution in [2.45, 2.75) is 24.7 Å². The number of halogens is 1. The maximum absolute atomic E-state index is 11.5. The Kier molecular flexibility index (Phi) is 5.62. The van der Waals surface area contributed by atoms with Gasteiger partial charge >= 0.3 is 0 Å². The number of nitrogens with one attached hydrogen (secondary N) is 1. The molecule has 0 fully saturated rings. The molecule has 0 bridgehead atoms. The second-order valence-electron chi connectivity index (χ2n) is 3.88. The molecule has 0 heterocycles. The highest BCUT2D eigenvalue weighted by atomic mass is 35.7. The Labute approximate surface area is 117 Å². The van der Waals surface area contributed by atoms with Crippen LogP contribution in [0.2, 0.25) is 0 Å². The van der Waals surface area contributed by atoms with E-state index in [1.807, 2.05) is 6.92 Å². The molecule has 1 aromatic rings. The first-order chi connectivity index (χ1) is 8.90. The van der Waals surface area contributed by atoms with Crippen molar-refractivity contribution in [3.63, 3.8) is 0 Å². The van der Waals surface area contributed by atoms with Crippen molar-refractivity contribution >= 4 is 25.6 Å². The number of ether oxygens (including phenoxy) is 1. The molecule has 0 aliphatic rings. The van der Waals surface area contributed by atoms with Gasteiger partial charge in [0.25, 0.3) is 15.0 Å². The van der Waals surface area contributed by atoms with Crippen LogP contribution in [0.15, 0.2) is 23.1 Å². The topological polar surface area (TPSA) is 72.5 Å².